The summed E-state index contributed by atoms with van der Waals surface area (Å²) in [6.45, 7) is 0.720. The van der Waals surface area contributed by atoms with E-state index in [2.05, 4.69) is 5.32 Å². The zero-order valence-corrected chi connectivity index (χ0v) is 8.87. The van der Waals surface area contributed by atoms with E-state index in [1.54, 1.807) is 12.1 Å². The van der Waals surface area contributed by atoms with Crippen LogP contribution in [0.4, 0.5) is 5.69 Å². The lowest BCUT2D eigenvalue weighted by atomic mass is 10.3. The topological polar surface area (TPSA) is 86.6 Å². The molecule has 0 aromatic heterocycles. The van der Waals surface area contributed by atoms with Crippen molar-refractivity contribution in [3.63, 3.8) is 0 Å². The van der Waals surface area contributed by atoms with Crippen molar-refractivity contribution < 1.29 is 18.1 Å². The fraction of sp³-hybridized carbons (Fsp3) is 0.333. The quantitative estimate of drug-likeness (QED) is 0.513. The number of hydrogen-bond donors (Lipinski definition) is 3. The number of nitrogens with one attached hydrogen (secondary N) is 1. The Balaban J connectivity index is 2.65. The van der Waals surface area contributed by atoms with Gasteiger partial charge in [-0.3, -0.25) is 4.55 Å². The molecule has 0 saturated carbocycles. The van der Waals surface area contributed by atoms with Gasteiger partial charge < -0.3 is 10.4 Å². The van der Waals surface area contributed by atoms with Gasteiger partial charge in [0.15, 0.2) is 0 Å². The lowest BCUT2D eigenvalue weighted by molar-refractivity contribution is 0.292. The van der Waals surface area contributed by atoms with Crippen molar-refractivity contribution in [3.8, 4) is 0 Å². The minimum Gasteiger partial charge on any atom is -0.396 e. The van der Waals surface area contributed by atoms with Crippen molar-refractivity contribution in [2.45, 2.75) is 11.3 Å². The second-order valence-electron chi connectivity index (χ2n) is 3.00. The van der Waals surface area contributed by atoms with Gasteiger partial charge in [-0.1, -0.05) is 0 Å². The first kappa shape index (κ1) is 12.0. The predicted octanol–water partition coefficient (Wildman–Crippen LogP) is 0.728. The van der Waals surface area contributed by atoms with Crippen LogP contribution in [0.3, 0.4) is 0 Å². The first-order valence-corrected chi connectivity index (χ1v) is 5.90. The summed E-state index contributed by atoms with van der Waals surface area (Å²) in [6, 6.07) is 5.74. The Bertz CT molecular complexity index is 399. The molecule has 1 rings (SSSR count). The third-order valence-corrected chi connectivity index (χ3v) is 2.68. The van der Waals surface area contributed by atoms with Crippen molar-refractivity contribution in [1.82, 2.24) is 0 Å². The van der Waals surface area contributed by atoms with E-state index >= 15 is 0 Å². The summed E-state index contributed by atoms with van der Waals surface area (Å²) in [7, 11) is -4.11. The molecule has 6 heteroatoms. The molecule has 0 spiro atoms. The molecule has 0 bridgehead atoms. The van der Waals surface area contributed by atoms with E-state index in [1.165, 1.54) is 12.1 Å². The minimum atomic E-state index is -4.11. The lowest BCUT2D eigenvalue weighted by Gasteiger charge is -2.05. The maximum Gasteiger partial charge on any atom is 0.294 e. The number of aliphatic hydroxyl groups excluding tert-OH is 1. The lowest BCUT2D eigenvalue weighted by Crippen LogP contribution is -2.04. The molecule has 0 aliphatic heterocycles. The summed E-state index contributed by atoms with van der Waals surface area (Å²) in [5, 5.41) is 11.5. The van der Waals surface area contributed by atoms with Crippen molar-refractivity contribution in [2.24, 2.45) is 0 Å². The van der Waals surface area contributed by atoms with E-state index in [1.807, 2.05) is 0 Å². The molecule has 0 radical (unpaired) electrons. The monoisotopic (exact) mass is 231 g/mol. The SMILES string of the molecule is O=S(=O)(O)c1ccc(NCCCO)cc1. The Kier molecular flexibility index (Phi) is 4.07. The molecule has 5 nitrogen and oxygen atoms in total. The summed E-state index contributed by atoms with van der Waals surface area (Å²) in [6.07, 6.45) is 0.625. The van der Waals surface area contributed by atoms with E-state index in [0.717, 1.165) is 5.69 Å². The summed E-state index contributed by atoms with van der Waals surface area (Å²) in [5.74, 6) is 0. The van der Waals surface area contributed by atoms with Gasteiger partial charge in [-0.25, -0.2) is 0 Å². The van der Waals surface area contributed by atoms with E-state index in [-0.39, 0.29) is 11.5 Å². The molecule has 0 aliphatic rings. The zero-order chi connectivity index (χ0) is 11.3. The van der Waals surface area contributed by atoms with Crippen LogP contribution >= 0.6 is 0 Å². The summed E-state index contributed by atoms with van der Waals surface area (Å²) >= 11 is 0. The molecular weight excluding hydrogens is 218 g/mol. The van der Waals surface area contributed by atoms with E-state index < -0.39 is 10.1 Å². The molecule has 0 heterocycles. The van der Waals surface area contributed by atoms with Crippen LogP contribution in [0.15, 0.2) is 29.2 Å². The molecule has 0 fully saturated rings. The van der Waals surface area contributed by atoms with Gasteiger partial charge in [0.2, 0.25) is 0 Å². The van der Waals surface area contributed by atoms with E-state index in [4.69, 9.17) is 9.66 Å². The highest BCUT2D eigenvalue weighted by molar-refractivity contribution is 7.85. The van der Waals surface area contributed by atoms with E-state index in [0.29, 0.717) is 13.0 Å². The number of benzene rings is 1. The highest BCUT2D eigenvalue weighted by Crippen LogP contribution is 2.13. The summed E-state index contributed by atoms with van der Waals surface area (Å²) < 4.78 is 30.1. The van der Waals surface area contributed by atoms with Crippen molar-refractivity contribution in [1.29, 1.82) is 0 Å². The number of aliphatic hydroxyl groups is 1. The van der Waals surface area contributed by atoms with E-state index in [9.17, 15) is 8.42 Å². The Morgan fingerprint density at radius 3 is 2.27 bits per heavy atom. The van der Waals surface area contributed by atoms with Crippen LogP contribution in [0, 0.1) is 0 Å². The van der Waals surface area contributed by atoms with Crippen LogP contribution in [0.1, 0.15) is 6.42 Å². The third-order valence-electron chi connectivity index (χ3n) is 1.82. The zero-order valence-electron chi connectivity index (χ0n) is 8.05. The first-order valence-electron chi connectivity index (χ1n) is 4.46. The molecule has 1 aromatic carbocycles. The van der Waals surface area contributed by atoms with Crippen LogP contribution in [0.25, 0.3) is 0 Å². The van der Waals surface area contributed by atoms with Crippen molar-refractivity contribution in [3.05, 3.63) is 24.3 Å². The Morgan fingerprint density at radius 1 is 1.20 bits per heavy atom. The summed E-state index contributed by atoms with van der Waals surface area (Å²) in [5.41, 5.74) is 0.746. The maximum atomic E-state index is 10.7. The molecule has 15 heavy (non-hydrogen) atoms. The third kappa shape index (κ3) is 3.86. The van der Waals surface area contributed by atoms with Gasteiger partial charge in [-0.05, 0) is 30.7 Å². The number of rotatable bonds is 5. The number of hydrogen-bond acceptors (Lipinski definition) is 4. The highest BCUT2D eigenvalue weighted by atomic mass is 32.2. The molecule has 1 aromatic rings. The minimum absolute atomic E-state index is 0.107. The second-order valence-corrected chi connectivity index (χ2v) is 4.42. The highest BCUT2D eigenvalue weighted by Gasteiger charge is 2.07. The van der Waals surface area contributed by atoms with Gasteiger partial charge in [0.1, 0.15) is 0 Å². The van der Waals surface area contributed by atoms with Gasteiger partial charge in [0.25, 0.3) is 10.1 Å². The first-order chi connectivity index (χ1) is 7.04. The predicted molar refractivity (Wildman–Crippen MR) is 56.4 cm³/mol. The smallest absolute Gasteiger partial charge is 0.294 e. The van der Waals surface area contributed by atoms with Gasteiger partial charge in [-0.15, -0.1) is 0 Å². The van der Waals surface area contributed by atoms with Crippen LogP contribution in [-0.4, -0.2) is 31.2 Å². The average molecular weight is 231 g/mol. The van der Waals surface area contributed by atoms with Crippen molar-refractivity contribution >= 4 is 15.8 Å². The standard InChI is InChI=1S/C9H13NO4S/c11-7-1-6-10-8-2-4-9(5-3-8)15(12,13)14/h2-5,10-11H,1,6-7H2,(H,12,13,14). The molecule has 0 saturated heterocycles. The Hall–Kier alpha value is -1.11. The maximum absolute atomic E-state index is 10.7. The van der Waals surface area contributed by atoms with Gasteiger partial charge in [0.05, 0.1) is 4.90 Å². The molecule has 3 N–H and O–H groups in total. The van der Waals surface area contributed by atoms with Gasteiger partial charge >= 0.3 is 0 Å². The molecule has 0 atom stereocenters. The normalized spacial score (nSPS) is 11.3. The van der Waals surface area contributed by atoms with Crippen LogP contribution < -0.4 is 5.32 Å². The van der Waals surface area contributed by atoms with Crippen LogP contribution in [-0.2, 0) is 10.1 Å². The Labute approximate surface area is 88.5 Å². The summed E-state index contributed by atoms with van der Waals surface area (Å²) in [4.78, 5) is -0.129. The average Bonchev–Trinajstić information content (AvgIpc) is 2.18. The second kappa shape index (κ2) is 5.11. The number of anilines is 1. The van der Waals surface area contributed by atoms with Gasteiger partial charge in [-0.2, -0.15) is 8.42 Å². The molecule has 0 unspecified atom stereocenters. The largest absolute Gasteiger partial charge is 0.396 e. The van der Waals surface area contributed by atoms with Crippen LogP contribution in [0.2, 0.25) is 0 Å². The van der Waals surface area contributed by atoms with Gasteiger partial charge in [0, 0.05) is 18.8 Å². The molecule has 0 aliphatic carbocycles. The fourth-order valence-electron chi connectivity index (χ4n) is 1.06. The molecule has 0 amide bonds. The van der Waals surface area contributed by atoms with Crippen LogP contribution in [0.5, 0.6) is 0 Å². The van der Waals surface area contributed by atoms with Crippen molar-refractivity contribution in [2.75, 3.05) is 18.5 Å². The Morgan fingerprint density at radius 2 is 1.80 bits per heavy atom. The fourth-order valence-corrected chi connectivity index (χ4v) is 1.54. The molecule has 84 valence electrons. The molecular formula is C9H13NO4S.